The van der Waals surface area contributed by atoms with E-state index in [1.807, 2.05) is 0 Å². The Hall–Kier alpha value is -8.54. The number of hydrogen-bond donors (Lipinski definition) is 0. The topological polar surface area (TPSA) is 40.6 Å². The molecule has 13 rings (SSSR count). The van der Waals surface area contributed by atoms with Gasteiger partial charge in [0, 0.05) is 43.9 Å². The van der Waals surface area contributed by atoms with Gasteiger partial charge in [-0.25, -0.2) is 4.98 Å². The van der Waals surface area contributed by atoms with E-state index in [2.05, 4.69) is 238 Å². The van der Waals surface area contributed by atoms with Crippen LogP contribution in [0.3, 0.4) is 0 Å². The second-order valence-corrected chi connectivity index (χ2v) is 16.2. The number of aromatic nitrogens is 5. The Morgan fingerprint density at radius 1 is 0.270 bits per heavy atom. The quantitative estimate of drug-likeness (QED) is 0.168. The number of hydrogen-bond acceptors (Lipinski definition) is 2. The average molecular weight is 804 g/mol. The van der Waals surface area contributed by atoms with Crippen molar-refractivity contribution < 1.29 is 0 Å². The van der Waals surface area contributed by atoms with Gasteiger partial charge < -0.3 is 4.57 Å². The number of benzene rings is 9. The van der Waals surface area contributed by atoms with Gasteiger partial charge in [0.15, 0.2) is 5.65 Å². The Balaban J connectivity index is 1.05. The minimum Gasteiger partial charge on any atom is -0.309 e. The van der Waals surface area contributed by atoms with Crippen LogP contribution in [0, 0.1) is 0 Å². The zero-order valence-electron chi connectivity index (χ0n) is 34.1. The van der Waals surface area contributed by atoms with Gasteiger partial charge in [-0.05, 0) is 95.1 Å². The predicted octanol–water partition coefficient (Wildman–Crippen LogP) is 14.8. The number of nitrogens with zero attached hydrogens (tertiary/aromatic N) is 5. The van der Waals surface area contributed by atoms with Gasteiger partial charge in [-0.2, -0.15) is 4.98 Å². The van der Waals surface area contributed by atoms with Crippen LogP contribution in [0.5, 0.6) is 0 Å². The minimum absolute atomic E-state index is 0.624. The largest absolute Gasteiger partial charge is 0.309 e. The molecule has 0 atom stereocenters. The van der Waals surface area contributed by atoms with Gasteiger partial charge in [0.05, 0.1) is 38.7 Å². The van der Waals surface area contributed by atoms with E-state index < -0.39 is 0 Å². The molecule has 5 heteroatoms. The molecule has 9 aromatic carbocycles. The van der Waals surface area contributed by atoms with Crippen LogP contribution >= 0.6 is 0 Å². The molecule has 13 aromatic rings. The lowest BCUT2D eigenvalue weighted by Crippen LogP contribution is -2.05. The van der Waals surface area contributed by atoms with Crippen molar-refractivity contribution >= 4 is 65.5 Å². The van der Waals surface area contributed by atoms with Gasteiger partial charge in [0.1, 0.15) is 0 Å². The second kappa shape index (κ2) is 14.0. The Morgan fingerprint density at radius 2 is 0.683 bits per heavy atom. The molecule has 4 heterocycles. The molecule has 0 bridgehead atoms. The lowest BCUT2D eigenvalue weighted by molar-refractivity contribution is 0.994. The summed E-state index contributed by atoms with van der Waals surface area (Å²) in [7, 11) is 0. The third-order valence-electron chi connectivity index (χ3n) is 12.7. The molecule has 0 N–H and O–H groups in total. The number of para-hydroxylation sites is 4. The van der Waals surface area contributed by atoms with Crippen LogP contribution < -0.4 is 0 Å². The van der Waals surface area contributed by atoms with Crippen LogP contribution in [0.25, 0.3) is 116 Å². The van der Waals surface area contributed by atoms with Gasteiger partial charge in [0.2, 0.25) is 5.95 Å². The van der Waals surface area contributed by atoms with Crippen molar-refractivity contribution in [2.75, 3.05) is 0 Å². The normalized spacial score (nSPS) is 11.8. The number of rotatable bonds is 6. The van der Waals surface area contributed by atoms with E-state index in [0.717, 1.165) is 77.5 Å². The van der Waals surface area contributed by atoms with Crippen LogP contribution in [0.2, 0.25) is 0 Å². The maximum absolute atomic E-state index is 5.60. The maximum atomic E-state index is 5.60. The Labute approximate surface area is 363 Å². The van der Waals surface area contributed by atoms with Crippen LogP contribution in [-0.4, -0.2) is 23.7 Å². The summed E-state index contributed by atoms with van der Waals surface area (Å²) in [6.45, 7) is 0. The summed E-state index contributed by atoms with van der Waals surface area (Å²) in [5, 5.41) is 6.90. The minimum atomic E-state index is 0.624. The van der Waals surface area contributed by atoms with E-state index in [-0.39, 0.29) is 0 Å². The third-order valence-corrected chi connectivity index (χ3v) is 12.7. The Bertz CT molecular complexity index is 3880. The first-order valence-corrected chi connectivity index (χ1v) is 21.4. The molecule has 4 aromatic heterocycles. The van der Waals surface area contributed by atoms with Crippen molar-refractivity contribution in [1.82, 2.24) is 23.7 Å². The van der Waals surface area contributed by atoms with Crippen molar-refractivity contribution in [3.63, 3.8) is 0 Å². The van der Waals surface area contributed by atoms with Gasteiger partial charge in [-0.3, -0.25) is 9.13 Å². The van der Waals surface area contributed by atoms with E-state index in [1.165, 1.54) is 32.9 Å². The summed E-state index contributed by atoms with van der Waals surface area (Å²) in [6, 6.07) is 80.2. The second-order valence-electron chi connectivity index (χ2n) is 16.2. The molecule has 0 fully saturated rings. The fourth-order valence-electron chi connectivity index (χ4n) is 9.82. The molecule has 0 saturated carbocycles. The lowest BCUT2D eigenvalue weighted by Gasteiger charge is -2.12. The standard InChI is InChI=1S/C58H37N5/c1-5-17-38(18-6-1)40-29-34-54-49(37-40)55-56(39-19-7-2-8-20-39)59-58(60-57(55)62(54)44-23-11-4-12-24-44)63-51-28-16-14-26-46(51)48-36-42(31-33-53(48)63)41-30-32-52-47(35-41)45-25-13-15-27-50(45)61(52)43-21-9-3-10-22-43/h1-37H. The monoisotopic (exact) mass is 803 g/mol. The molecular formula is C58H37N5. The van der Waals surface area contributed by atoms with E-state index >= 15 is 0 Å². The zero-order chi connectivity index (χ0) is 41.4. The van der Waals surface area contributed by atoms with E-state index in [1.54, 1.807) is 0 Å². The summed E-state index contributed by atoms with van der Waals surface area (Å²) in [5.41, 5.74) is 15.2. The van der Waals surface area contributed by atoms with Gasteiger partial charge in [-0.15, -0.1) is 0 Å². The van der Waals surface area contributed by atoms with Gasteiger partial charge >= 0.3 is 0 Å². The molecule has 0 aliphatic heterocycles. The first-order valence-electron chi connectivity index (χ1n) is 21.4. The van der Waals surface area contributed by atoms with Crippen LogP contribution in [-0.2, 0) is 0 Å². The van der Waals surface area contributed by atoms with E-state index in [4.69, 9.17) is 9.97 Å². The van der Waals surface area contributed by atoms with Crippen molar-refractivity contribution in [3.8, 4) is 50.8 Å². The van der Waals surface area contributed by atoms with Crippen molar-refractivity contribution in [1.29, 1.82) is 0 Å². The molecule has 0 amide bonds. The fourth-order valence-corrected chi connectivity index (χ4v) is 9.82. The summed E-state index contributed by atoms with van der Waals surface area (Å²) in [5.74, 6) is 0.624. The summed E-state index contributed by atoms with van der Waals surface area (Å²) < 4.78 is 6.92. The highest BCUT2D eigenvalue weighted by Gasteiger charge is 2.24. The van der Waals surface area contributed by atoms with Crippen molar-refractivity contribution in [2.24, 2.45) is 0 Å². The fraction of sp³-hybridized carbons (Fsp3) is 0. The first-order chi connectivity index (χ1) is 31.3. The molecule has 0 aliphatic carbocycles. The van der Waals surface area contributed by atoms with Crippen LogP contribution in [0.15, 0.2) is 224 Å². The SMILES string of the molecule is c1ccc(-c2ccc3c(c2)c2c(-c4ccccc4)nc(-n4c5ccccc5c5cc(-c6ccc7c(c6)c6ccccc6n7-c6ccccc6)ccc54)nc2n3-c2ccccc2)cc1. The molecule has 5 nitrogen and oxygen atoms in total. The predicted molar refractivity (Wildman–Crippen MR) is 261 cm³/mol. The lowest BCUT2D eigenvalue weighted by atomic mass is 10.0. The first kappa shape index (κ1) is 35.2. The number of fused-ring (bicyclic) bond motifs is 9. The highest BCUT2D eigenvalue weighted by Crippen LogP contribution is 2.42. The molecular weight excluding hydrogens is 767 g/mol. The van der Waals surface area contributed by atoms with Gasteiger partial charge in [-0.1, -0.05) is 152 Å². The maximum Gasteiger partial charge on any atom is 0.237 e. The van der Waals surface area contributed by atoms with E-state index in [9.17, 15) is 0 Å². The molecule has 0 aliphatic rings. The van der Waals surface area contributed by atoms with Gasteiger partial charge in [0.25, 0.3) is 0 Å². The van der Waals surface area contributed by atoms with E-state index in [0.29, 0.717) is 5.95 Å². The molecule has 0 unspecified atom stereocenters. The summed E-state index contributed by atoms with van der Waals surface area (Å²) >= 11 is 0. The Kier molecular flexibility index (Phi) is 7.84. The van der Waals surface area contributed by atoms with Crippen molar-refractivity contribution in [3.05, 3.63) is 224 Å². The molecule has 294 valence electrons. The zero-order valence-corrected chi connectivity index (χ0v) is 34.1. The molecule has 0 radical (unpaired) electrons. The molecule has 0 saturated heterocycles. The third kappa shape index (κ3) is 5.50. The van der Waals surface area contributed by atoms with Crippen LogP contribution in [0.4, 0.5) is 0 Å². The summed E-state index contributed by atoms with van der Waals surface area (Å²) in [4.78, 5) is 11.2. The average Bonchev–Trinajstić information content (AvgIpc) is 3.99. The smallest absolute Gasteiger partial charge is 0.237 e. The highest BCUT2D eigenvalue weighted by atomic mass is 15.2. The molecule has 63 heavy (non-hydrogen) atoms. The summed E-state index contributed by atoms with van der Waals surface area (Å²) in [6.07, 6.45) is 0. The highest BCUT2D eigenvalue weighted by molar-refractivity contribution is 6.16. The van der Waals surface area contributed by atoms with Crippen molar-refractivity contribution in [2.45, 2.75) is 0 Å². The Morgan fingerprint density at radius 3 is 1.27 bits per heavy atom. The van der Waals surface area contributed by atoms with Crippen LogP contribution in [0.1, 0.15) is 0 Å². The molecule has 0 spiro atoms.